The summed E-state index contributed by atoms with van der Waals surface area (Å²) in [5.74, 6) is -0.565. The van der Waals surface area contributed by atoms with Crippen LogP contribution in [0.5, 0.6) is 0 Å². The Kier molecular flexibility index (Phi) is 5.44. The van der Waals surface area contributed by atoms with Gasteiger partial charge in [0.2, 0.25) is 5.91 Å². The normalized spacial score (nSPS) is 18.4. The molecule has 5 nitrogen and oxygen atoms in total. The van der Waals surface area contributed by atoms with Crippen molar-refractivity contribution in [1.82, 2.24) is 0 Å². The van der Waals surface area contributed by atoms with Gasteiger partial charge in [0.05, 0.1) is 17.2 Å². The third kappa shape index (κ3) is 4.51. The minimum absolute atomic E-state index is 0.0385. The molecule has 0 bridgehead atoms. The summed E-state index contributed by atoms with van der Waals surface area (Å²) in [6, 6.07) is 13.4. The number of amides is 1. The molecule has 1 aliphatic rings. The van der Waals surface area contributed by atoms with Gasteiger partial charge in [-0.25, -0.2) is 8.42 Å². The molecule has 1 N–H and O–H groups in total. The van der Waals surface area contributed by atoms with Crippen LogP contribution in [0.15, 0.2) is 48.5 Å². The highest BCUT2D eigenvalue weighted by Crippen LogP contribution is 2.26. The van der Waals surface area contributed by atoms with Crippen LogP contribution in [0.1, 0.15) is 28.8 Å². The van der Waals surface area contributed by atoms with Gasteiger partial charge in [-0.15, -0.1) is 0 Å². The zero-order chi connectivity index (χ0) is 18.7. The molecule has 1 unspecified atom stereocenters. The number of rotatable bonds is 5. The van der Waals surface area contributed by atoms with Crippen LogP contribution in [0.4, 0.5) is 5.69 Å². The summed E-state index contributed by atoms with van der Waals surface area (Å²) in [5.41, 5.74) is 1.16. The lowest BCUT2D eigenvalue weighted by atomic mass is 10.0. The van der Waals surface area contributed by atoms with Crippen LogP contribution in [-0.2, 0) is 14.6 Å². The van der Waals surface area contributed by atoms with E-state index in [0.717, 1.165) is 0 Å². The van der Waals surface area contributed by atoms with E-state index in [1.165, 1.54) is 6.07 Å². The maximum atomic E-state index is 12.7. The first kappa shape index (κ1) is 18.6. The third-order valence-corrected chi connectivity index (χ3v) is 6.41. The number of ketones is 1. The maximum Gasteiger partial charge on any atom is 0.224 e. The molecule has 1 heterocycles. The van der Waals surface area contributed by atoms with Gasteiger partial charge in [0.15, 0.2) is 15.6 Å². The van der Waals surface area contributed by atoms with E-state index in [-0.39, 0.29) is 35.5 Å². The molecule has 1 aliphatic heterocycles. The Morgan fingerprint density at radius 3 is 2.50 bits per heavy atom. The molecule has 1 fully saturated rings. The van der Waals surface area contributed by atoms with Crippen molar-refractivity contribution in [1.29, 1.82) is 0 Å². The van der Waals surface area contributed by atoms with Gasteiger partial charge in [0.1, 0.15) is 0 Å². The zero-order valence-corrected chi connectivity index (χ0v) is 15.5. The summed E-state index contributed by atoms with van der Waals surface area (Å²) in [4.78, 5) is 25.1. The second kappa shape index (κ2) is 7.60. The number of sulfone groups is 1. The summed E-state index contributed by atoms with van der Waals surface area (Å²) < 4.78 is 23.1. The molecule has 0 spiro atoms. The first-order valence-electron chi connectivity index (χ1n) is 8.23. The molecule has 0 aliphatic carbocycles. The Labute approximate surface area is 157 Å². The van der Waals surface area contributed by atoms with Crippen LogP contribution in [0.3, 0.4) is 0 Å². The second-order valence-corrected chi connectivity index (χ2v) is 9.07. The topological polar surface area (TPSA) is 80.3 Å². The van der Waals surface area contributed by atoms with Gasteiger partial charge in [0.25, 0.3) is 0 Å². The molecule has 7 heteroatoms. The summed E-state index contributed by atoms with van der Waals surface area (Å²) in [7, 11) is -3.03. The van der Waals surface area contributed by atoms with E-state index >= 15 is 0 Å². The fourth-order valence-electron chi connectivity index (χ4n) is 3.05. The van der Waals surface area contributed by atoms with Gasteiger partial charge in [-0.3, -0.25) is 9.59 Å². The predicted octanol–water partition coefficient (Wildman–Crippen LogP) is 3.33. The van der Waals surface area contributed by atoms with E-state index in [9.17, 15) is 18.0 Å². The lowest BCUT2D eigenvalue weighted by Crippen LogP contribution is -2.19. The average molecular weight is 392 g/mol. The van der Waals surface area contributed by atoms with E-state index in [2.05, 4.69) is 5.32 Å². The van der Waals surface area contributed by atoms with Crippen LogP contribution < -0.4 is 5.32 Å². The monoisotopic (exact) mass is 391 g/mol. The Hall–Kier alpha value is -2.18. The van der Waals surface area contributed by atoms with Crippen molar-refractivity contribution in [2.45, 2.75) is 12.8 Å². The lowest BCUT2D eigenvalue weighted by Gasteiger charge is -2.13. The number of halogens is 1. The molecule has 2 aromatic carbocycles. The first-order valence-corrected chi connectivity index (χ1v) is 10.4. The molecule has 26 heavy (non-hydrogen) atoms. The van der Waals surface area contributed by atoms with Crippen molar-refractivity contribution in [3.05, 3.63) is 64.7 Å². The molecule has 1 amide bonds. The molecule has 136 valence electrons. The van der Waals surface area contributed by atoms with E-state index in [4.69, 9.17) is 11.6 Å². The fraction of sp³-hybridized carbons (Fsp3) is 0.263. The minimum Gasteiger partial charge on any atom is -0.325 e. The van der Waals surface area contributed by atoms with Crippen molar-refractivity contribution in [3.63, 3.8) is 0 Å². The van der Waals surface area contributed by atoms with E-state index in [0.29, 0.717) is 28.3 Å². The van der Waals surface area contributed by atoms with Crippen LogP contribution in [0.25, 0.3) is 0 Å². The minimum atomic E-state index is -3.03. The number of hydrogen-bond acceptors (Lipinski definition) is 4. The van der Waals surface area contributed by atoms with E-state index < -0.39 is 9.84 Å². The van der Waals surface area contributed by atoms with Crippen molar-refractivity contribution in [2.24, 2.45) is 5.92 Å². The predicted molar refractivity (Wildman–Crippen MR) is 101 cm³/mol. The largest absolute Gasteiger partial charge is 0.325 e. The number of benzene rings is 2. The molecular formula is C19H18ClNO4S. The Bertz CT molecular complexity index is 941. The van der Waals surface area contributed by atoms with Gasteiger partial charge in [-0.1, -0.05) is 41.9 Å². The fourth-order valence-corrected chi connectivity index (χ4v) is 5.09. The molecule has 3 rings (SSSR count). The quantitative estimate of drug-likeness (QED) is 0.792. The highest BCUT2D eigenvalue weighted by atomic mass is 35.5. The number of nitrogens with one attached hydrogen (secondary N) is 1. The van der Waals surface area contributed by atoms with Crippen LogP contribution >= 0.6 is 11.6 Å². The van der Waals surface area contributed by atoms with Crippen molar-refractivity contribution < 1.29 is 18.0 Å². The first-order chi connectivity index (χ1) is 12.3. The highest BCUT2D eigenvalue weighted by Gasteiger charge is 2.29. The summed E-state index contributed by atoms with van der Waals surface area (Å²) in [6.45, 7) is 0. The SMILES string of the molecule is O=C(CC1CCS(=O)(=O)C1)Nc1ccc(Cl)cc1C(=O)c1ccccc1. The molecular weight excluding hydrogens is 374 g/mol. The maximum absolute atomic E-state index is 12.7. The van der Waals surface area contributed by atoms with Crippen molar-refractivity contribution in [2.75, 3.05) is 16.8 Å². The molecule has 1 saturated heterocycles. The molecule has 0 radical (unpaired) electrons. The third-order valence-electron chi connectivity index (χ3n) is 4.34. The standard InChI is InChI=1S/C19H18ClNO4S/c20-15-6-7-17(16(11-15)19(23)14-4-2-1-3-5-14)21-18(22)10-13-8-9-26(24,25)12-13/h1-7,11,13H,8-10,12H2,(H,21,22). The van der Waals surface area contributed by atoms with E-state index in [1.807, 2.05) is 6.07 Å². The highest BCUT2D eigenvalue weighted by molar-refractivity contribution is 7.91. The Balaban J connectivity index is 1.78. The van der Waals surface area contributed by atoms with Crippen LogP contribution in [0, 0.1) is 5.92 Å². The molecule has 0 aromatic heterocycles. The number of carbonyl (C=O) groups excluding carboxylic acids is 2. The Morgan fingerprint density at radius 2 is 1.85 bits per heavy atom. The van der Waals surface area contributed by atoms with Crippen LogP contribution in [-0.4, -0.2) is 31.6 Å². The molecule has 0 saturated carbocycles. The number of anilines is 1. The van der Waals surface area contributed by atoms with Gasteiger partial charge >= 0.3 is 0 Å². The number of hydrogen-bond donors (Lipinski definition) is 1. The van der Waals surface area contributed by atoms with Gasteiger partial charge < -0.3 is 5.32 Å². The Morgan fingerprint density at radius 1 is 1.12 bits per heavy atom. The van der Waals surface area contributed by atoms with Crippen molar-refractivity contribution >= 4 is 38.8 Å². The summed E-state index contributed by atoms with van der Waals surface area (Å²) in [6.07, 6.45) is 0.604. The lowest BCUT2D eigenvalue weighted by molar-refractivity contribution is -0.116. The van der Waals surface area contributed by atoms with Crippen molar-refractivity contribution in [3.8, 4) is 0 Å². The molecule has 1 atom stereocenters. The molecule has 2 aromatic rings. The van der Waals surface area contributed by atoms with E-state index in [1.54, 1.807) is 36.4 Å². The zero-order valence-electron chi connectivity index (χ0n) is 13.9. The summed E-state index contributed by atoms with van der Waals surface area (Å²) >= 11 is 6.02. The average Bonchev–Trinajstić information content (AvgIpc) is 2.95. The smallest absolute Gasteiger partial charge is 0.224 e. The van der Waals surface area contributed by atoms with Gasteiger partial charge in [-0.2, -0.15) is 0 Å². The second-order valence-electron chi connectivity index (χ2n) is 6.41. The number of carbonyl (C=O) groups is 2. The van der Waals surface area contributed by atoms with Gasteiger partial charge in [-0.05, 0) is 30.5 Å². The van der Waals surface area contributed by atoms with Crippen LogP contribution in [0.2, 0.25) is 5.02 Å². The van der Waals surface area contributed by atoms with Gasteiger partial charge in [0, 0.05) is 22.6 Å². The summed E-state index contributed by atoms with van der Waals surface area (Å²) in [5, 5.41) is 3.12.